The summed E-state index contributed by atoms with van der Waals surface area (Å²) in [5.41, 5.74) is 3.13. The summed E-state index contributed by atoms with van der Waals surface area (Å²) in [5, 5.41) is 2.92. The molecule has 0 bridgehead atoms. The van der Waals surface area contributed by atoms with Crippen molar-refractivity contribution in [2.24, 2.45) is 0 Å². The fourth-order valence-electron chi connectivity index (χ4n) is 3.87. The van der Waals surface area contributed by atoms with Crippen LogP contribution in [0.4, 0.5) is 5.69 Å². The van der Waals surface area contributed by atoms with Crippen molar-refractivity contribution in [1.82, 2.24) is 4.90 Å². The van der Waals surface area contributed by atoms with E-state index in [1.165, 1.54) is 0 Å². The first-order chi connectivity index (χ1) is 16.5. The quantitative estimate of drug-likeness (QED) is 0.569. The van der Waals surface area contributed by atoms with Gasteiger partial charge in [0.25, 0.3) is 11.8 Å². The van der Waals surface area contributed by atoms with Gasteiger partial charge in [0.15, 0.2) is 6.10 Å². The summed E-state index contributed by atoms with van der Waals surface area (Å²) in [6.45, 7) is 2.72. The molecule has 0 spiro atoms. The normalized spacial score (nSPS) is 15.1. The lowest BCUT2D eigenvalue weighted by Crippen LogP contribution is -2.39. The molecule has 0 saturated carbocycles. The molecule has 0 aliphatic carbocycles. The van der Waals surface area contributed by atoms with Gasteiger partial charge in [-0.2, -0.15) is 0 Å². The summed E-state index contributed by atoms with van der Waals surface area (Å²) >= 11 is 0. The van der Waals surface area contributed by atoms with Crippen LogP contribution >= 0.6 is 0 Å². The average Bonchev–Trinajstić information content (AvgIpc) is 2.98. The Hall–Kier alpha value is -4.00. The standard InChI is InChI=1S/C27H28N2O5/c1-18-27(31)29(15-14-19-4-9-23(32-2)10-5-19)17-21-16-22(8-13-25(21)34-18)28-26(30)20-6-11-24(33-3)12-7-20/h4-13,16,18H,14-15,17H2,1-3H3,(H,28,30)/t18-/m1/s1. The van der Waals surface area contributed by atoms with E-state index in [9.17, 15) is 9.59 Å². The molecule has 0 fully saturated rings. The minimum absolute atomic E-state index is 0.0615. The van der Waals surface area contributed by atoms with Crippen LogP contribution in [0.15, 0.2) is 66.7 Å². The van der Waals surface area contributed by atoms with Gasteiger partial charge in [-0.05, 0) is 73.5 Å². The SMILES string of the molecule is COc1ccc(CCN2Cc3cc(NC(=O)c4ccc(OC)cc4)ccc3O[C@H](C)C2=O)cc1. The number of hydrogen-bond donors (Lipinski definition) is 1. The molecule has 7 nitrogen and oxygen atoms in total. The lowest BCUT2D eigenvalue weighted by atomic mass is 10.1. The number of rotatable bonds is 7. The Morgan fingerprint density at radius 2 is 1.65 bits per heavy atom. The largest absolute Gasteiger partial charge is 0.497 e. The molecule has 4 rings (SSSR count). The van der Waals surface area contributed by atoms with Crippen LogP contribution in [0.3, 0.4) is 0 Å². The van der Waals surface area contributed by atoms with Crippen LogP contribution in [0.1, 0.15) is 28.4 Å². The van der Waals surface area contributed by atoms with E-state index in [2.05, 4.69) is 5.32 Å². The molecule has 7 heteroatoms. The summed E-state index contributed by atoms with van der Waals surface area (Å²) in [7, 11) is 3.22. The molecule has 1 N–H and O–H groups in total. The smallest absolute Gasteiger partial charge is 0.263 e. The minimum Gasteiger partial charge on any atom is -0.497 e. The molecule has 2 amide bonds. The molecule has 34 heavy (non-hydrogen) atoms. The molecule has 0 saturated heterocycles. The predicted molar refractivity (Wildman–Crippen MR) is 130 cm³/mol. The van der Waals surface area contributed by atoms with Gasteiger partial charge in [0.2, 0.25) is 0 Å². The third-order valence-corrected chi connectivity index (χ3v) is 5.82. The molecule has 0 radical (unpaired) electrons. The zero-order valence-electron chi connectivity index (χ0n) is 19.5. The van der Waals surface area contributed by atoms with E-state index in [-0.39, 0.29) is 11.8 Å². The molecule has 176 valence electrons. The van der Waals surface area contributed by atoms with Crippen molar-refractivity contribution in [1.29, 1.82) is 0 Å². The highest BCUT2D eigenvalue weighted by Crippen LogP contribution is 2.29. The van der Waals surface area contributed by atoms with E-state index in [1.807, 2.05) is 30.3 Å². The molecular formula is C27H28N2O5. The number of nitrogens with zero attached hydrogens (tertiary/aromatic N) is 1. The lowest BCUT2D eigenvalue weighted by molar-refractivity contribution is -0.137. The second-order valence-corrected chi connectivity index (χ2v) is 8.12. The summed E-state index contributed by atoms with van der Waals surface area (Å²) in [6.07, 6.45) is 0.128. The molecule has 0 unspecified atom stereocenters. The van der Waals surface area contributed by atoms with Crippen molar-refractivity contribution in [2.45, 2.75) is 26.0 Å². The number of fused-ring (bicyclic) bond motifs is 1. The highest BCUT2D eigenvalue weighted by Gasteiger charge is 2.28. The van der Waals surface area contributed by atoms with Gasteiger partial charge in [-0.15, -0.1) is 0 Å². The number of ether oxygens (including phenoxy) is 3. The molecule has 1 atom stereocenters. The van der Waals surface area contributed by atoms with Crippen LogP contribution < -0.4 is 19.5 Å². The zero-order valence-corrected chi connectivity index (χ0v) is 19.5. The van der Waals surface area contributed by atoms with Crippen molar-refractivity contribution in [3.63, 3.8) is 0 Å². The van der Waals surface area contributed by atoms with E-state index >= 15 is 0 Å². The number of carbonyl (C=O) groups is 2. The highest BCUT2D eigenvalue weighted by atomic mass is 16.5. The van der Waals surface area contributed by atoms with Crippen LogP contribution in [0.2, 0.25) is 0 Å². The van der Waals surface area contributed by atoms with Crippen LogP contribution in [-0.4, -0.2) is 43.6 Å². The third kappa shape index (κ3) is 5.31. The Morgan fingerprint density at radius 3 is 2.29 bits per heavy atom. The molecule has 3 aromatic rings. The Morgan fingerprint density at radius 1 is 1.00 bits per heavy atom. The number of nitrogens with one attached hydrogen (secondary N) is 1. The number of hydrogen-bond acceptors (Lipinski definition) is 5. The third-order valence-electron chi connectivity index (χ3n) is 5.82. The maximum Gasteiger partial charge on any atom is 0.263 e. The van der Waals surface area contributed by atoms with E-state index < -0.39 is 6.10 Å². The molecule has 3 aromatic carbocycles. The maximum absolute atomic E-state index is 12.9. The van der Waals surface area contributed by atoms with Gasteiger partial charge in [-0.3, -0.25) is 9.59 Å². The fraction of sp³-hybridized carbons (Fsp3) is 0.259. The number of anilines is 1. The highest BCUT2D eigenvalue weighted by molar-refractivity contribution is 6.04. The summed E-state index contributed by atoms with van der Waals surface area (Å²) in [5.74, 6) is 1.85. The van der Waals surface area contributed by atoms with Crippen LogP contribution in [0, 0.1) is 0 Å². The predicted octanol–water partition coefficient (Wildman–Crippen LogP) is 4.31. The minimum atomic E-state index is -0.586. The topological polar surface area (TPSA) is 77.1 Å². The number of amides is 2. The van der Waals surface area contributed by atoms with E-state index in [1.54, 1.807) is 62.4 Å². The van der Waals surface area contributed by atoms with Gasteiger partial charge in [0.1, 0.15) is 17.2 Å². The monoisotopic (exact) mass is 460 g/mol. The lowest BCUT2D eigenvalue weighted by Gasteiger charge is -2.22. The van der Waals surface area contributed by atoms with Crippen LogP contribution in [0.25, 0.3) is 0 Å². The van der Waals surface area contributed by atoms with Crippen molar-refractivity contribution >= 4 is 17.5 Å². The van der Waals surface area contributed by atoms with Gasteiger partial charge in [-0.25, -0.2) is 0 Å². The van der Waals surface area contributed by atoms with Gasteiger partial charge in [0, 0.05) is 29.9 Å². The van der Waals surface area contributed by atoms with Crippen molar-refractivity contribution in [3.8, 4) is 17.2 Å². The fourth-order valence-corrected chi connectivity index (χ4v) is 3.87. The molecule has 0 aromatic heterocycles. The van der Waals surface area contributed by atoms with E-state index in [4.69, 9.17) is 14.2 Å². The summed E-state index contributed by atoms with van der Waals surface area (Å²) in [6, 6.07) is 20.2. The number of carbonyl (C=O) groups excluding carboxylic acids is 2. The van der Waals surface area contributed by atoms with Crippen LogP contribution in [0.5, 0.6) is 17.2 Å². The van der Waals surface area contributed by atoms with Crippen molar-refractivity contribution in [2.75, 3.05) is 26.1 Å². The Kier molecular flexibility index (Phi) is 7.01. The molecule has 1 aliphatic heterocycles. The molecule has 1 heterocycles. The first-order valence-corrected chi connectivity index (χ1v) is 11.1. The van der Waals surface area contributed by atoms with Gasteiger partial charge >= 0.3 is 0 Å². The first kappa shape index (κ1) is 23.2. The Labute approximate surface area is 199 Å². The average molecular weight is 461 g/mol. The second-order valence-electron chi connectivity index (χ2n) is 8.12. The summed E-state index contributed by atoms with van der Waals surface area (Å²) in [4.78, 5) is 27.4. The van der Waals surface area contributed by atoms with Gasteiger partial charge in [-0.1, -0.05) is 12.1 Å². The van der Waals surface area contributed by atoms with Gasteiger partial charge < -0.3 is 24.4 Å². The van der Waals surface area contributed by atoms with Crippen LogP contribution in [-0.2, 0) is 17.8 Å². The number of methoxy groups -OCH3 is 2. The molecule has 1 aliphatic rings. The number of benzene rings is 3. The second kappa shape index (κ2) is 10.3. The van der Waals surface area contributed by atoms with Crippen molar-refractivity contribution < 1.29 is 23.8 Å². The molecular weight excluding hydrogens is 432 g/mol. The maximum atomic E-state index is 12.9. The zero-order chi connectivity index (χ0) is 24.1. The van der Waals surface area contributed by atoms with Gasteiger partial charge in [0.05, 0.1) is 14.2 Å². The van der Waals surface area contributed by atoms with Crippen molar-refractivity contribution in [3.05, 3.63) is 83.4 Å². The van der Waals surface area contributed by atoms with E-state index in [0.29, 0.717) is 42.3 Å². The van der Waals surface area contributed by atoms with E-state index in [0.717, 1.165) is 16.9 Å². The summed E-state index contributed by atoms with van der Waals surface area (Å²) < 4.78 is 16.3. The first-order valence-electron chi connectivity index (χ1n) is 11.1. The Bertz CT molecular complexity index is 1160. The Balaban J connectivity index is 1.47.